The summed E-state index contributed by atoms with van der Waals surface area (Å²) in [4.78, 5) is 21.7. The van der Waals surface area contributed by atoms with E-state index < -0.39 is 0 Å². The van der Waals surface area contributed by atoms with E-state index in [0.717, 1.165) is 54.4 Å². The molecule has 146 valence electrons. The molecule has 2 aromatic heterocycles. The van der Waals surface area contributed by atoms with Gasteiger partial charge in [-0.15, -0.1) is 11.8 Å². The molecule has 3 aromatic rings. The van der Waals surface area contributed by atoms with E-state index in [0.29, 0.717) is 6.54 Å². The molecule has 0 N–H and O–H groups in total. The molecule has 0 saturated carbocycles. The van der Waals surface area contributed by atoms with Crippen LogP contribution in [0.2, 0.25) is 0 Å². The predicted molar refractivity (Wildman–Crippen MR) is 114 cm³/mol. The summed E-state index contributed by atoms with van der Waals surface area (Å²) in [5, 5.41) is 2.14. The number of pyridine rings is 1. The minimum atomic E-state index is 0.198. The molecule has 28 heavy (non-hydrogen) atoms. The normalized spacial score (nSPS) is 15.2. The number of fused-ring (bicyclic) bond motifs is 1. The molecule has 1 aliphatic heterocycles. The van der Waals surface area contributed by atoms with Crippen molar-refractivity contribution in [3.05, 3.63) is 60.4 Å². The Morgan fingerprint density at radius 1 is 1.07 bits per heavy atom. The summed E-state index contributed by atoms with van der Waals surface area (Å²) in [7, 11) is 0. The van der Waals surface area contributed by atoms with Gasteiger partial charge in [0.1, 0.15) is 11.6 Å². The fourth-order valence-electron chi connectivity index (χ4n) is 3.63. The average Bonchev–Trinajstić information content (AvgIpc) is 3.16. The Morgan fingerprint density at radius 2 is 1.86 bits per heavy atom. The van der Waals surface area contributed by atoms with Crippen LogP contribution in [0.15, 0.2) is 59.9 Å². The molecule has 0 atom stereocenters. The number of nitrogens with zero attached hydrogens (tertiary/aromatic N) is 4. The lowest BCUT2D eigenvalue weighted by atomic mass is 10.2. The first-order valence-electron chi connectivity index (χ1n) is 9.85. The average molecular weight is 395 g/mol. The molecule has 0 radical (unpaired) electrons. The molecule has 0 aliphatic carbocycles. The summed E-state index contributed by atoms with van der Waals surface area (Å²) in [5.74, 6) is 1.09. The topological polar surface area (TPSA) is 41.4 Å². The van der Waals surface area contributed by atoms with Crippen molar-refractivity contribution in [2.24, 2.45) is 0 Å². The highest BCUT2D eigenvalue weighted by atomic mass is 32.2. The van der Waals surface area contributed by atoms with Gasteiger partial charge < -0.3 is 14.4 Å². The standard InChI is InChI=1S/C22H26N4OS/c1-2-24-12-14-25(15-13-24)21(27)16-26-11-9-19-20(26)8-10-23-22(19)28-17-18-6-4-3-5-7-18/h3-11H,2,12-17H2,1H3. The van der Waals surface area contributed by atoms with E-state index in [1.54, 1.807) is 11.8 Å². The molecule has 1 aromatic carbocycles. The maximum atomic E-state index is 12.8. The van der Waals surface area contributed by atoms with Gasteiger partial charge in [-0.25, -0.2) is 4.98 Å². The Kier molecular flexibility index (Phi) is 5.98. The van der Waals surface area contributed by atoms with Crippen molar-refractivity contribution < 1.29 is 4.79 Å². The van der Waals surface area contributed by atoms with E-state index in [1.807, 2.05) is 29.4 Å². The van der Waals surface area contributed by atoms with Crippen LogP contribution in [-0.4, -0.2) is 58.0 Å². The summed E-state index contributed by atoms with van der Waals surface area (Å²) >= 11 is 1.74. The SMILES string of the molecule is CCN1CCN(C(=O)Cn2ccc3c(SCc4ccccc4)nccc32)CC1. The van der Waals surface area contributed by atoms with Gasteiger partial charge in [0.25, 0.3) is 0 Å². The van der Waals surface area contributed by atoms with E-state index in [9.17, 15) is 4.79 Å². The third-order valence-electron chi connectivity index (χ3n) is 5.36. The second-order valence-electron chi connectivity index (χ2n) is 7.08. The highest BCUT2D eigenvalue weighted by Crippen LogP contribution is 2.29. The number of carbonyl (C=O) groups is 1. The summed E-state index contributed by atoms with van der Waals surface area (Å²) in [6.07, 6.45) is 3.86. The molecule has 1 amide bonds. The third-order valence-corrected chi connectivity index (χ3v) is 6.43. The summed E-state index contributed by atoms with van der Waals surface area (Å²) < 4.78 is 2.05. The Bertz CT molecular complexity index is 932. The first kappa shape index (κ1) is 19.0. The van der Waals surface area contributed by atoms with Crippen LogP contribution in [0.25, 0.3) is 10.9 Å². The monoisotopic (exact) mass is 394 g/mol. The largest absolute Gasteiger partial charge is 0.339 e. The molecule has 1 aliphatic rings. The lowest BCUT2D eigenvalue weighted by Gasteiger charge is -2.34. The molecule has 0 bridgehead atoms. The smallest absolute Gasteiger partial charge is 0.242 e. The Morgan fingerprint density at radius 3 is 2.61 bits per heavy atom. The van der Waals surface area contributed by atoms with Crippen molar-refractivity contribution in [3.8, 4) is 0 Å². The van der Waals surface area contributed by atoms with Crippen molar-refractivity contribution in [1.29, 1.82) is 0 Å². The fourth-order valence-corrected chi connectivity index (χ4v) is 4.59. The van der Waals surface area contributed by atoms with Gasteiger partial charge >= 0.3 is 0 Å². The van der Waals surface area contributed by atoms with Crippen molar-refractivity contribution in [1.82, 2.24) is 19.4 Å². The molecule has 5 nitrogen and oxygen atoms in total. The van der Waals surface area contributed by atoms with Crippen molar-refractivity contribution in [2.75, 3.05) is 32.7 Å². The van der Waals surface area contributed by atoms with Crippen LogP contribution in [0.4, 0.5) is 0 Å². The van der Waals surface area contributed by atoms with Gasteiger partial charge in [-0.2, -0.15) is 0 Å². The summed E-state index contributed by atoms with van der Waals surface area (Å²) in [5.41, 5.74) is 2.36. The molecule has 6 heteroatoms. The highest BCUT2D eigenvalue weighted by molar-refractivity contribution is 7.98. The van der Waals surface area contributed by atoms with E-state index in [1.165, 1.54) is 5.56 Å². The van der Waals surface area contributed by atoms with Gasteiger partial charge in [-0.3, -0.25) is 4.79 Å². The Balaban J connectivity index is 1.45. The Labute approximate surface area is 170 Å². The Hall–Kier alpha value is -2.31. The zero-order valence-electron chi connectivity index (χ0n) is 16.3. The van der Waals surface area contributed by atoms with Gasteiger partial charge in [-0.05, 0) is 24.2 Å². The predicted octanol–water partition coefficient (Wildman–Crippen LogP) is 3.49. The maximum absolute atomic E-state index is 12.8. The number of carbonyl (C=O) groups excluding carboxylic acids is 1. The third kappa shape index (κ3) is 4.23. The number of benzene rings is 1. The lowest BCUT2D eigenvalue weighted by molar-refractivity contribution is -0.133. The zero-order valence-corrected chi connectivity index (χ0v) is 17.1. The minimum absolute atomic E-state index is 0.198. The first-order valence-corrected chi connectivity index (χ1v) is 10.8. The summed E-state index contributed by atoms with van der Waals surface area (Å²) in [6.45, 7) is 7.21. The van der Waals surface area contributed by atoms with Crippen LogP contribution >= 0.6 is 11.8 Å². The van der Waals surface area contributed by atoms with E-state index >= 15 is 0 Å². The van der Waals surface area contributed by atoms with Crippen LogP contribution in [0.3, 0.4) is 0 Å². The summed E-state index contributed by atoms with van der Waals surface area (Å²) in [6, 6.07) is 14.5. The molecule has 1 fully saturated rings. The first-order chi connectivity index (χ1) is 13.7. The minimum Gasteiger partial charge on any atom is -0.339 e. The van der Waals surface area contributed by atoms with Crippen LogP contribution in [0.1, 0.15) is 12.5 Å². The second-order valence-corrected chi connectivity index (χ2v) is 8.05. The van der Waals surface area contributed by atoms with Gasteiger partial charge in [0.15, 0.2) is 0 Å². The van der Waals surface area contributed by atoms with Crippen molar-refractivity contribution >= 4 is 28.6 Å². The van der Waals surface area contributed by atoms with E-state index in [4.69, 9.17) is 0 Å². The molecule has 3 heterocycles. The van der Waals surface area contributed by atoms with Gasteiger partial charge in [0, 0.05) is 49.7 Å². The number of rotatable bonds is 6. The number of hydrogen-bond donors (Lipinski definition) is 0. The number of aromatic nitrogens is 2. The maximum Gasteiger partial charge on any atom is 0.242 e. The van der Waals surface area contributed by atoms with E-state index in [2.05, 4.69) is 51.7 Å². The number of likely N-dealkylation sites (N-methyl/N-ethyl adjacent to an activating group) is 1. The van der Waals surface area contributed by atoms with Gasteiger partial charge in [-0.1, -0.05) is 37.3 Å². The zero-order chi connectivity index (χ0) is 19.3. The molecule has 1 saturated heterocycles. The number of hydrogen-bond acceptors (Lipinski definition) is 4. The molecular formula is C22H26N4OS. The van der Waals surface area contributed by atoms with Gasteiger partial charge in [0.2, 0.25) is 5.91 Å². The molecule has 0 unspecified atom stereocenters. The van der Waals surface area contributed by atoms with Gasteiger partial charge in [0.05, 0.1) is 5.52 Å². The van der Waals surface area contributed by atoms with Crippen molar-refractivity contribution in [3.63, 3.8) is 0 Å². The molecule has 4 rings (SSSR count). The number of thioether (sulfide) groups is 1. The fraction of sp³-hybridized carbons (Fsp3) is 0.364. The van der Waals surface area contributed by atoms with Crippen LogP contribution < -0.4 is 0 Å². The lowest BCUT2D eigenvalue weighted by Crippen LogP contribution is -2.49. The van der Waals surface area contributed by atoms with Crippen LogP contribution in [0, 0.1) is 0 Å². The molecular weight excluding hydrogens is 368 g/mol. The quantitative estimate of drug-likeness (QED) is 0.600. The van der Waals surface area contributed by atoms with Crippen molar-refractivity contribution in [2.45, 2.75) is 24.2 Å². The second kappa shape index (κ2) is 8.80. The van der Waals surface area contributed by atoms with Crippen LogP contribution in [-0.2, 0) is 17.1 Å². The highest BCUT2D eigenvalue weighted by Gasteiger charge is 2.20. The number of piperazine rings is 1. The number of amides is 1. The van der Waals surface area contributed by atoms with Crippen LogP contribution in [0.5, 0.6) is 0 Å². The molecule has 0 spiro atoms. The van der Waals surface area contributed by atoms with E-state index in [-0.39, 0.29) is 5.91 Å².